The van der Waals surface area contributed by atoms with Crippen molar-refractivity contribution in [2.24, 2.45) is 0 Å². The van der Waals surface area contributed by atoms with Crippen LogP contribution >= 0.6 is 0 Å². The van der Waals surface area contributed by atoms with Crippen molar-refractivity contribution in [3.05, 3.63) is 89.5 Å². The summed E-state index contributed by atoms with van der Waals surface area (Å²) in [5.74, 6) is 0.811. The van der Waals surface area contributed by atoms with Crippen LogP contribution in [0.3, 0.4) is 0 Å². The third-order valence-corrected chi connectivity index (χ3v) is 7.61. The Kier molecular flexibility index (Phi) is 8.91. The van der Waals surface area contributed by atoms with Gasteiger partial charge in [-0.05, 0) is 105 Å². The maximum absolute atomic E-state index is 12.5. The number of nitrogens with one attached hydrogen (secondary N) is 2. The summed E-state index contributed by atoms with van der Waals surface area (Å²) < 4.78 is 5.51. The minimum atomic E-state index is -0.0381. The number of nitrogens with zero attached hydrogens (tertiary/aromatic N) is 2. The highest BCUT2D eigenvalue weighted by Crippen LogP contribution is 2.34. The van der Waals surface area contributed by atoms with Crippen molar-refractivity contribution < 1.29 is 14.3 Å². The number of anilines is 2. The molecule has 0 aliphatic carbocycles. The lowest BCUT2D eigenvalue weighted by atomic mass is 9.85. The summed E-state index contributed by atoms with van der Waals surface area (Å²) in [6, 6.07) is 24.3. The van der Waals surface area contributed by atoms with E-state index >= 15 is 0 Å². The second kappa shape index (κ2) is 12.9. The standard InChI is InChI=1S/C32H38N4O3/c1-39-29-8-6-7-26(21-29)32(24-9-13-27(14-10-24)33-30(37)22-35-17-2-3-18-35)25-11-15-28(16-12-25)34-31(38)23-36-19-4-5-20-36/h6-16,21,32H,2-5,17-20,22-23H2,1H3,(H,33,37)(H,34,38). The molecule has 204 valence electrons. The molecule has 2 amide bonds. The molecule has 0 spiro atoms. The Morgan fingerprint density at radius 2 is 1.15 bits per heavy atom. The highest BCUT2D eigenvalue weighted by atomic mass is 16.5. The zero-order valence-corrected chi connectivity index (χ0v) is 22.7. The van der Waals surface area contributed by atoms with Crippen molar-refractivity contribution in [3.8, 4) is 5.75 Å². The van der Waals surface area contributed by atoms with Crippen LogP contribution in [0.2, 0.25) is 0 Å². The number of methoxy groups -OCH3 is 1. The highest BCUT2D eigenvalue weighted by Gasteiger charge is 2.20. The average Bonchev–Trinajstić information content (AvgIpc) is 3.65. The third kappa shape index (κ3) is 7.25. The fourth-order valence-electron chi connectivity index (χ4n) is 5.60. The molecule has 2 saturated heterocycles. The monoisotopic (exact) mass is 526 g/mol. The lowest BCUT2D eigenvalue weighted by Gasteiger charge is -2.21. The zero-order chi connectivity index (χ0) is 27.0. The van der Waals surface area contributed by atoms with Crippen molar-refractivity contribution in [2.45, 2.75) is 31.6 Å². The van der Waals surface area contributed by atoms with Gasteiger partial charge in [-0.2, -0.15) is 0 Å². The predicted molar refractivity (Wildman–Crippen MR) is 155 cm³/mol. The van der Waals surface area contributed by atoms with Gasteiger partial charge in [-0.25, -0.2) is 0 Å². The summed E-state index contributed by atoms with van der Waals surface area (Å²) in [6.45, 7) is 4.86. The third-order valence-electron chi connectivity index (χ3n) is 7.61. The van der Waals surface area contributed by atoms with Crippen LogP contribution in [0, 0.1) is 0 Å². The number of likely N-dealkylation sites (tertiary alicyclic amines) is 2. The number of hydrogen-bond acceptors (Lipinski definition) is 5. The van der Waals surface area contributed by atoms with Crippen molar-refractivity contribution in [3.63, 3.8) is 0 Å². The summed E-state index contributed by atoms with van der Waals surface area (Å²) in [5.41, 5.74) is 4.90. The molecule has 0 atom stereocenters. The number of amides is 2. The molecule has 3 aromatic rings. The molecule has 5 rings (SSSR count). The lowest BCUT2D eigenvalue weighted by molar-refractivity contribution is -0.117. The Hall–Kier alpha value is -3.68. The van der Waals surface area contributed by atoms with Gasteiger partial charge in [-0.3, -0.25) is 19.4 Å². The Balaban J connectivity index is 1.32. The van der Waals surface area contributed by atoms with Crippen LogP contribution in [0.15, 0.2) is 72.8 Å². The van der Waals surface area contributed by atoms with E-state index < -0.39 is 0 Å². The number of rotatable bonds is 10. The summed E-state index contributed by atoms with van der Waals surface area (Å²) in [7, 11) is 1.67. The van der Waals surface area contributed by atoms with Gasteiger partial charge in [-0.1, -0.05) is 36.4 Å². The summed E-state index contributed by atoms with van der Waals surface area (Å²) in [6.07, 6.45) is 4.67. The van der Waals surface area contributed by atoms with E-state index in [1.165, 1.54) is 25.7 Å². The van der Waals surface area contributed by atoms with Crippen LogP contribution in [0.1, 0.15) is 48.3 Å². The molecule has 2 N–H and O–H groups in total. The van der Waals surface area contributed by atoms with Gasteiger partial charge in [0.2, 0.25) is 11.8 Å². The number of carbonyl (C=O) groups is 2. The maximum atomic E-state index is 12.5. The van der Waals surface area contributed by atoms with Crippen molar-refractivity contribution in [2.75, 3.05) is 57.0 Å². The smallest absolute Gasteiger partial charge is 0.238 e. The SMILES string of the molecule is COc1cccc(C(c2ccc(NC(=O)CN3CCCC3)cc2)c2ccc(NC(=O)CN3CCCC3)cc2)c1. The quantitative estimate of drug-likeness (QED) is 0.366. The fraction of sp³-hybridized carbons (Fsp3) is 0.375. The van der Waals surface area contributed by atoms with Crippen molar-refractivity contribution >= 4 is 23.2 Å². The van der Waals surface area contributed by atoms with Crippen LogP contribution < -0.4 is 15.4 Å². The molecule has 0 saturated carbocycles. The van der Waals surface area contributed by atoms with E-state index in [9.17, 15) is 9.59 Å². The van der Waals surface area contributed by atoms with Gasteiger partial charge < -0.3 is 15.4 Å². The van der Waals surface area contributed by atoms with Gasteiger partial charge in [0, 0.05) is 17.3 Å². The highest BCUT2D eigenvalue weighted by molar-refractivity contribution is 5.92. The molecule has 0 unspecified atom stereocenters. The van der Waals surface area contributed by atoms with E-state index in [4.69, 9.17) is 4.74 Å². The van der Waals surface area contributed by atoms with E-state index in [1.807, 2.05) is 36.4 Å². The molecule has 39 heavy (non-hydrogen) atoms. The van der Waals surface area contributed by atoms with Gasteiger partial charge in [-0.15, -0.1) is 0 Å². The second-order valence-corrected chi connectivity index (χ2v) is 10.5. The maximum Gasteiger partial charge on any atom is 0.238 e. The normalized spacial score (nSPS) is 15.9. The van der Waals surface area contributed by atoms with Gasteiger partial charge in [0.05, 0.1) is 20.2 Å². The largest absolute Gasteiger partial charge is 0.497 e. The minimum absolute atomic E-state index is 0.0244. The Morgan fingerprint density at radius 1 is 0.692 bits per heavy atom. The molecule has 2 aliphatic rings. The van der Waals surface area contributed by atoms with Crippen LogP contribution in [-0.2, 0) is 9.59 Å². The first-order valence-corrected chi connectivity index (χ1v) is 14.0. The van der Waals surface area contributed by atoms with Crippen molar-refractivity contribution in [1.29, 1.82) is 0 Å². The van der Waals surface area contributed by atoms with E-state index in [0.29, 0.717) is 13.1 Å². The van der Waals surface area contributed by atoms with Crippen LogP contribution in [0.25, 0.3) is 0 Å². The number of ether oxygens (including phenoxy) is 1. The van der Waals surface area contributed by atoms with E-state index in [-0.39, 0.29) is 17.7 Å². The first-order chi connectivity index (χ1) is 19.1. The number of hydrogen-bond donors (Lipinski definition) is 2. The summed E-state index contributed by atoms with van der Waals surface area (Å²) >= 11 is 0. The molecule has 0 radical (unpaired) electrons. The van der Waals surface area contributed by atoms with Crippen LogP contribution in [-0.4, -0.2) is 68.0 Å². The first-order valence-electron chi connectivity index (χ1n) is 14.0. The molecule has 3 aromatic carbocycles. The van der Waals surface area contributed by atoms with Crippen LogP contribution in [0.4, 0.5) is 11.4 Å². The molecular weight excluding hydrogens is 488 g/mol. The first kappa shape index (κ1) is 26.9. The van der Waals surface area contributed by atoms with Gasteiger partial charge >= 0.3 is 0 Å². The van der Waals surface area contributed by atoms with Crippen LogP contribution in [0.5, 0.6) is 5.75 Å². The van der Waals surface area contributed by atoms with Gasteiger partial charge in [0.15, 0.2) is 0 Å². The molecule has 2 heterocycles. The molecular formula is C32H38N4O3. The molecule has 7 nitrogen and oxygen atoms in total. The summed E-state index contributed by atoms with van der Waals surface area (Å²) in [5, 5.41) is 6.08. The van der Waals surface area contributed by atoms with E-state index in [0.717, 1.165) is 60.0 Å². The molecule has 2 fully saturated rings. The molecule has 2 aliphatic heterocycles. The van der Waals surface area contributed by atoms with E-state index in [2.05, 4.69) is 56.8 Å². The minimum Gasteiger partial charge on any atom is -0.497 e. The fourth-order valence-corrected chi connectivity index (χ4v) is 5.60. The second-order valence-electron chi connectivity index (χ2n) is 10.5. The predicted octanol–water partition coefficient (Wildman–Crippen LogP) is 4.94. The lowest BCUT2D eigenvalue weighted by Crippen LogP contribution is -2.30. The van der Waals surface area contributed by atoms with Gasteiger partial charge in [0.1, 0.15) is 5.75 Å². The topological polar surface area (TPSA) is 73.9 Å². The Labute approximate surface area is 231 Å². The van der Waals surface area contributed by atoms with Gasteiger partial charge in [0.25, 0.3) is 0 Å². The average molecular weight is 527 g/mol. The molecule has 0 bridgehead atoms. The Bertz CT molecular complexity index is 1170. The van der Waals surface area contributed by atoms with Crippen molar-refractivity contribution in [1.82, 2.24) is 9.80 Å². The Morgan fingerprint density at radius 3 is 1.59 bits per heavy atom. The number of carbonyl (C=O) groups excluding carboxylic acids is 2. The molecule has 7 heteroatoms. The summed E-state index contributed by atoms with van der Waals surface area (Å²) in [4.78, 5) is 29.4. The number of benzene rings is 3. The zero-order valence-electron chi connectivity index (χ0n) is 22.7. The molecule has 0 aromatic heterocycles. The van der Waals surface area contributed by atoms with E-state index in [1.54, 1.807) is 7.11 Å².